The first-order valence-corrected chi connectivity index (χ1v) is 8.77. The van der Waals surface area contributed by atoms with Crippen LogP contribution in [-0.2, 0) is 5.33 Å². The van der Waals surface area contributed by atoms with E-state index in [0.29, 0.717) is 11.9 Å². The van der Waals surface area contributed by atoms with Crippen molar-refractivity contribution in [3.63, 3.8) is 0 Å². The average Bonchev–Trinajstić information content (AvgIpc) is 2.49. The molecule has 1 aromatic carbocycles. The smallest absolute Gasteiger partial charge is 0.270 e. The number of hydrogen-bond donors (Lipinski definition) is 0. The van der Waals surface area contributed by atoms with E-state index in [-0.39, 0.29) is 10.6 Å². The van der Waals surface area contributed by atoms with E-state index >= 15 is 0 Å². The Kier molecular flexibility index (Phi) is 9.06. The molecule has 0 spiro atoms. The van der Waals surface area contributed by atoms with Crippen LogP contribution in [0.4, 0.5) is 5.69 Å². The third-order valence-electron chi connectivity index (χ3n) is 3.40. The van der Waals surface area contributed by atoms with E-state index < -0.39 is 0 Å². The van der Waals surface area contributed by atoms with E-state index in [9.17, 15) is 10.1 Å². The van der Waals surface area contributed by atoms with Crippen LogP contribution in [0, 0.1) is 10.1 Å². The van der Waals surface area contributed by atoms with Crippen LogP contribution in [0.5, 0.6) is 5.75 Å². The maximum atomic E-state index is 10.7. The Bertz CT molecular complexity index is 438. The lowest BCUT2D eigenvalue weighted by atomic mass is 10.1. The van der Waals surface area contributed by atoms with Crippen molar-refractivity contribution in [3.8, 4) is 5.75 Å². The van der Waals surface area contributed by atoms with Crippen LogP contribution in [0.1, 0.15) is 57.4 Å². The largest absolute Gasteiger partial charge is 0.493 e. The molecule has 5 heteroatoms. The van der Waals surface area contributed by atoms with E-state index in [1.165, 1.54) is 44.6 Å². The summed E-state index contributed by atoms with van der Waals surface area (Å²) < 4.78 is 5.74. The second-order valence-corrected chi connectivity index (χ2v) is 5.71. The van der Waals surface area contributed by atoms with E-state index in [0.717, 1.165) is 17.7 Å². The van der Waals surface area contributed by atoms with Crippen molar-refractivity contribution in [1.82, 2.24) is 0 Å². The van der Waals surface area contributed by atoms with E-state index in [2.05, 4.69) is 22.9 Å². The molecule has 1 rings (SSSR count). The highest BCUT2D eigenvalue weighted by atomic mass is 79.9. The number of hydrogen-bond acceptors (Lipinski definition) is 3. The lowest BCUT2D eigenvalue weighted by molar-refractivity contribution is -0.384. The van der Waals surface area contributed by atoms with Gasteiger partial charge in [0.25, 0.3) is 5.69 Å². The van der Waals surface area contributed by atoms with Gasteiger partial charge in [0.1, 0.15) is 5.75 Å². The topological polar surface area (TPSA) is 52.4 Å². The molecule has 0 saturated heterocycles. The summed E-state index contributed by atoms with van der Waals surface area (Å²) in [7, 11) is 0. The predicted octanol–water partition coefficient (Wildman–Crippen LogP) is 5.62. The fourth-order valence-electron chi connectivity index (χ4n) is 2.17. The van der Waals surface area contributed by atoms with Crippen molar-refractivity contribution in [2.24, 2.45) is 0 Å². The lowest BCUT2D eigenvalue weighted by Gasteiger charge is -2.10. The number of non-ortho nitro benzene ring substituents is 1. The first kappa shape index (κ1) is 18.0. The summed E-state index contributed by atoms with van der Waals surface area (Å²) in [6.45, 7) is 2.89. The number of ether oxygens (including phenoxy) is 1. The first-order chi connectivity index (χ1) is 10.2. The van der Waals surface area contributed by atoms with E-state index in [1.807, 2.05) is 0 Å². The molecule has 0 fully saturated rings. The van der Waals surface area contributed by atoms with Crippen LogP contribution in [0.3, 0.4) is 0 Å². The quantitative estimate of drug-likeness (QED) is 0.223. The second kappa shape index (κ2) is 10.6. The number of benzene rings is 1. The van der Waals surface area contributed by atoms with Crippen molar-refractivity contribution in [3.05, 3.63) is 33.9 Å². The zero-order valence-electron chi connectivity index (χ0n) is 12.6. The summed E-state index contributed by atoms with van der Waals surface area (Å²) in [5.74, 6) is 0.739. The van der Waals surface area contributed by atoms with Crippen LogP contribution >= 0.6 is 15.9 Å². The van der Waals surface area contributed by atoms with Crippen molar-refractivity contribution in [2.45, 2.75) is 57.2 Å². The Morgan fingerprint density at radius 3 is 2.43 bits per heavy atom. The zero-order valence-corrected chi connectivity index (χ0v) is 14.2. The van der Waals surface area contributed by atoms with Gasteiger partial charge in [-0.3, -0.25) is 10.1 Å². The van der Waals surface area contributed by atoms with Crippen LogP contribution in [0.25, 0.3) is 0 Å². The summed E-state index contributed by atoms with van der Waals surface area (Å²) in [4.78, 5) is 10.4. The molecule has 0 heterocycles. The molecule has 0 unspecified atom stereocenters. The third kappa shape index (κ3) is 6.93. The summed E-state index contributed by atoms with van der Waals surface area (Å²) >= 11 is 3.35. The Hall–Kier alpha value is -1.10. The molecule has 0 N–H and O–H groups in total. The Morgan fingerprint density at radius 2 is 1.81 bits per heavy atom. The molecule has 0 bridgehead atoms. The van der Waals surface area contributed by atoms with E-state index in [4.69, 9.17) is 4.74 Å². The van der Waals surface area contributed by atoms with Gasteiger partial charge in [-0.25, -0.2) is 0 Å². The van der Waals surface area contributed by atoms with Gasteiger partial charge in [-0.2, -0.15) is 0 Å². The van der Waals surface area contributed by atoms with Crippen molar-refractivity contribution in [1.29, 1.82) is 0 Å². The van der Waals surface area contributed by atoms with E-state index in [1.54, 1.807) is 12.1 Å². The minimum Gasteiger partial charge on any atom is -0.493 e. The summed E-state index contributed by atoms with van der Waals surface area (Å²) in [5.41, 5.74) is 0.930. The normalized spacial score (nSPS) is 10.6. The molecule has 0 aliphatic carbocycles. The Morgan fingerprint density at radius 1 is 1.14 bits per heavy atom. The van der Waals surface area contributed by atoms with Crippen LogP contribution < -0.4 is 4.74 Å². The van der Waals surface area contributed by atoms with Gasteiger partial charge < -0.3 is 4.74 Å². The maximum absolute atomic E-state index is 10.7. The highest BCUT2D eigenvalue weighted by Gasteiger charge is 2.10. The number of nitro benzene ring substituents is 1. The lowest BCUT2D eigenvalue weighted by Crippen LogP contribution is -2.00. The molecule has 4 nitrogen and oxygen atoms in total. The minimum absolute atomic E-state index is 0.104. The molecule has 0 saturated carbocycles. The Labute approximate surface area is 135 Å². The monoisotopic (exact) mass is 357 g/mol. The van der Waals surface area contributed by atoms with Crippen LogP contribution in [-0.4, -0.2) is 11.5 Å². The highest BCUT2D eigenvalue weighted by molar-refractivity contribution is 9.08. The SMILES string of the molecule is CCCCCCCCCOc1ccc([N+](=O)[O-])cc1CBr. The highest BCUT2D eigenvalue weighted by Crippen LogP contribution is 2.26. The molecule has 0 aliphatic heterocycles. The molecule has 0 atom stereocenters. The zero-order chi connectivity index (χ0) is 15.5. The number of nitrogens with zero attached hydrogens (tertiary/aromatic N) is 1. The number of alkyl halides is 1. The fraction of sp³-hybridized carbons (Fsp3) is 0.625. The average molecular weight is 358 g/mol. The fourth-order valence-corrected chi connectivity index (χ4v) is 2.60. The van der Waals surface area contributed by atoms with Gasteiger partial charge in [0, 0.05) is 23.0 Å². The number of nitro groups is 1. The molecule has 21 heavy (non-hydrogen) atoms. The van der Waals surface area contributed by atoms with Gasteiger partial charge in [0.05, 0.1) is 11.5 Å². The second-order valence-electron chi connectivity index (χ2n) is 5.15. The molecule has 0 radical (unpaired) electrons. The van der Waals surface area contributed by atoms with Gasteiger partial charge in [-0.05, 0) is 12.5 Å². The Balaban J connectivity index is 2.30. The van der Waals surface area contributed by atoms with Gasteiger partial charge in [-0.15, -0.1) is 0 Å². The number of rotatable bonds is 11. The standard InChI is InChI=1S/C16H24BrNO3/c1-2-3-4-5-6-7-8-11-21-16-10-9-15(18(19)20)12-14(16)13-17/h9-10,12H,2-8,11,13H2,1H3. The summed E-state index contributed by atoms with van der Waals surface area (Å²) in [6.07, 6.45) is 8.71. The van der Waals surface area contributed by atoms with Crippen molar-refractivity contribution in [2.75, 3.05) is 6.61 Å². The molecule has 0 amide bonds. The number of halogens is 1. The summed E-state index contributed by atoms with van der Waals surface area (Å²) in [5, 5.41) is 11.3. The number of unbranched alkanes of at least 4 members (excludes halogenated alkanes) is 6. The van der Waals surface area contributed by atoms with Gasteiger partial charge in [0.2, 0.25) is 0 Å². The predicted molar refractivity (Wildman–Crippen MR) is 89.2 cm³/mol. The van der Waals surface area contributed by atoms with Gasteiger partial charge >= 0.3 is 0 Å². The van der Waals surface area contributed by atoms with Crippen molar-refractivity contribution < 1.29 is 9.66 Å². The van der Waals surface area contributed by atoms with Crippen LogP contribution in [0.2, 0.25) is 0 Å². The van der Waals surface area contributed by atoms with Crippen molar-refractivity contribution >= 4 is 21.6 Å². The molecular weight excluding hydrogens is 334 g/mol. The molecule has 0 aliphatic rings. The summed E-state index contributed by atoms with van der Waals surface area (Å²) in [6, 6.07) is 4.75. The molecule has 118 valence electrons. The molecular formula is C16H24BrNO3. The minimum atomic E-state index is -0.383. The first-order valence-electron chi connectivity index (χ1n) is 7.65. The van der Waals surface area contributed by atoms with Gasteiger partial charge in [-0.1, -0.05) is 61.4 Å². The van der Waals surface area contributed by atoms with Crippen LogP contribution in [0.15, 0.2) is 18.2 Å². The third-order valence-corrected chi connectivity index (χ3v) is 4.01. The molecule has 1 aromatic rings. The maximum Gasteiger partial charge on any atom is 0.270 e. The van der Waals surface area contributed by atoms with Gasteiger partial charge in [0.15, 0.2) is 0 Å². The molecule has 0 aromatic heterocycles.